The van der Waals surface area contributed by atoms with E-state index in [0.717, 1.165) is 12.8 Å². The number of hydrogen-bond acceptors (Lipinski definition) is 2. The van der Waals surface area contributed by atoms with E-state index in [1.807, 2.05) is 6.08 Å². The van der Waals surface area contributed by atoms with Crippen LogP contribution in [-0.2, 0) is 0 Å². The van der Waals surface area contributed by atoms with E-state index in [9.17, 15) is 9.59 Å². The molecule has 0 radical (unpaired) electrons. The fraction of sp³-hybridized carbons (Fsp3) is 0.333. The van der Waals surface area contributed by atoms with Crippen molar-refractivity contribution in [1.82, 2.24) is 4.90 Å². The number of ketones is 1. The lowest BCUT2D eigenvalue weighted by molar-refractivity contribution is 0.101. The number of benzene rings is 1. The molecule has 0 aromatic heterocycles. The molecule has 19 heavy (non-hydrogen) atoms. The summed E-state index contributed by atoms with van der Waals surface area (Å²) in [5.74, 6) is 0.0134. The number of hydrogen-bond donors (Lipinski definition) is 1. The molecule has 4 heteroatoms. The molecular weight excluding hydrogens is 240 g/mol. The van der Waals surface area contributed by atoms with Gasteiger partial charge in [0.1, 0.15) is 0 Å². The molecule has 102 valence electrons. The lowest BCUT2D eigenvalue weighted by atomic mass is 10.1. The molecule has 0 aliphatic rings. The summed E-state index contributed by atoms with van der Waals surface area (Å²) < 4.78 is 0. The quantitative estimate of drug-likeness (QED) is 0.484. The molecule has 0 spiro atoms. The maximum atomic E-state index is 11.8. The van der Waals surface area contributed by atoms with E-state index in [1.165, 1.54) is 6.92 Å². The smallest absolute Gasteiger partial charge is 0.321 e. The van der Waals surface area contributed by atoms with Crippen molar-refractivity contribution in [3.63, 3.8) is 0 Å². The Morgan fingerprint density at radius 1 is 1.32 bits per heavy atom. The number of rotatable bonds is 6. The molecular formula is C15H20N2O2. The van der Waals surface area contributed by atoms with E-state index < -0.39 is 0 Å². The summed E-state index contributed by atoms with van der Waals surface area (Å²) >= 11 is 0. The normalized spacial score (nSPS) is 9.79. The second-order valence-electron chi connectivity index (χ2n) is 4.42. The summed E-state index contributed by atoms with van der Waals surface area (Å²) in [6.45, 7) is 5.84. The van der Waals surface area contributed by atoms with Crippen LogP contribution in [0.3, 0.4) is 0 Å². The van der Waals surface area contributed by atoms with Crippen LogP contribution in [0.1, 0.15) is 30.1 Å². The highest BCUT2D eigenvalue weighted by molar-refractivity contribution is 5.95. The Balaban J connectivity index is 2.51. The summed E-state index contributed by atoms with van der Waals surface area (Å²) in [7, 11) is 1.75. The zero-order valence-electron chi connectivity index (χ0n) is 11.5. The van der Waals surface area contributed by atoms with Crippen molar-refractivity contribution in [2.24, 2.45) is 0 Å². The number of amides is 2. The molecule has 0 aliphatic heterocycles. The van der Waals surface area contributed by atoms with Gasteiger partial charge in [-0.15, -0.1) is 6.58 Å². The van der Waals surface area contributed by atoms with E-state index in [0.29, 0.717) is 17.8 Å². The Kier molecular flexibility index (Phi) is 5.79. The van der Waals surface area contributed by atoms with Gasteiger partial charge in [0, 0.05) is 24.8 Å². The number of urea groups is 1. The van der Waals surface area contributed by atoms with Gasteiger partial charge < -0.3 is 10.2 Å². The van der Waals surface area contributed by atoms with Crippen molar-refractivity contribution < 1.29 is 9.59 Å². The van der Waals surface area contributed by atoms with Gasteiger partial charge in [-0.1, -0.05) is 6.08 Å². The first-order chi connectivity index (χ1) is 9.04. The molecule has 4 nitrogen and oxygen atoms in total. The second kappa shape index (κ2) is 7.36. The van der Waals surface area contributed by atoms with Gasteiger partial charge in [-0.25, -0.2) is 4.79 Å². The van der Waals surface area contributed by atoms with Crippen LogP contribution in [-0.4, -0.2) is 30.3 Å². The van der Waals surface area contributed by atoms with Crippen molar-refractivity contribution in [2.75, 3.05) is 18.9 Å². The predicted molar refractivity (Wildman–Crippen MR) is 77.5 cm³/mol. The van der Waals surface area contributed by atoms with Crippen molar-refractivity contribution in [3.05, 3.63) is 42.5 Å². The number of nitrogens with one attached hydrogen (secondary N) is 1. The monoisotopic (exact) mass is 260 g/mol. The standard InChI is InChI=1S/C15H20N2O2/c1-4-5-6-11-17(3)15(19)16-14-9-7-13(8-10-14)12(2)18/h4,7-10H,1,5-6,11H2,2-3H3,(H,16,19). The molecule has 0 aliphatic carbocycles. The molecule has 1 aromatic carbocycles. The first-order valence-corrected chi connectivity index (χ1v) is 6.28. The molecule has 0 saturated heterocycles. The molecule has 0 atom stereocenters. The molecule has 2 amide bonds. The highest BCUT2D eigenvalue weighted by Gasteiger charge is 2.08. The van der Waals surface area contributed by atoms with Gasteiger partial charge in [-0.05, 0) is 44.0 Å². The maximum absolute atomic E-state index is 11.8. The van der Waals surface area contributed by atoms with E-state index in [2.05, 4.69) is 11.9 Å². The third kappa shape index (κ3) is 4.95. The zero-order valence-corrected chi connectivity index (χ0v) is 11.5. The van der Waals surface area contributed by atoms with Crippen LogP contribution in [0.2, 0.25) is 0 Å². The van der Waals surface area contributed by atoms with Crippen molar-refractivity contribution in [3.8, 4) is 0 Å². The predicted octanol–water partition coefficient (Wildman–Crippen LogP) is 3.32. The number of nitrogens with zero attached hydrogens (tertiary/aromatic N) is 1. The topological polar surface area (TPSA) is 49.4 Å². The van der Waals surface area contributed by atoms with Gasteiger partial charge >= 0.3 is 6.03 Å². The number of Topliss-reactive ketones (excluding diaryl/α,β-unsaturated/α-hetero) is 1. The second-order valence-corrected chi connectivity index (χ2v) is 4.42. The van der Waals surface area contributed by atoms with E-state index in [4.69, 9.17) is 0 Å². The van der Waals surface area contributed by atoms with Crippen LogP contribution in [0.4, 0.5) is 10.5 Å². The molecule has 0 heterocycles. The van der Waals surface area contributed by atoms with Crippen molar-refractivity contribution >= 4 is 17.5 Å². The summed E-state index contributed by atoms with van der Waals surface area (Å²) in [4.78, 5) is 24.6. The lowest BCUT2D eigenvalue weighted by Gasteiger charge is -2.17. The fourth-order valence-corrected chi connectivity index (χ4v) is 1.58. The average molecular weight is 260 g/mol. The van der Waals surface area contributed by atoms with E-state index in [-0.39, 0.29) is 11.8 Å². The van der Waals surface area contributed by atoms with Crippen LogP contribution in [0.15, 0.2) is 36.9 Å². The van der Waals surface area contributed by atoms with E-state index in [1.54, 1.807) is 36.2 Å². The number of unbranched alkanes of at least 4 members (excludes halogenated alkanes) is 1. The summed E-state index contributed by atoms with van der Waals surface area (Å²) in [6.07, 6.45) is 3.63. The number of carbonyl (C=O) groups is 2. The largest absolute Gasteiger partial charge is 0.328 e. The van der Waals surface area contributed by atoms with Gasteiger partial charge in [0.15, 0.2) is 5.78 Å². The minimum absolute atomic E-state index is 0.0134. The highest BCUT2D eigenvalue weighted by atomic mass is 16.2. The van der Waals surface area contributed by atoms with Gasteiger partial charge in [0.2, 0.25) is 0 Å². The maximum Gasteiger partial charge on any atom is 0.321 e. The zero-order chi connectivity index (χ0) is 14.3. The first-order valence-electron chi connectivity index (χ1n) is 6.28. The van der Waals surface area contributed by atoms with Crippen molar-refractivity contribution in [1.29, 1.82) is 0 Å². The molecule has 0 bridgehead atoms. The number of carbonyl (C=O) groups excluding carboxylic acids is 2. The van der Waals surface area contributed by atoms with Crippen LogP contribution in [0.5, 0.6) is 0 Å². The molecule has 1 rings (SSSR count). The van der Waals surface area contributed by atoms with Crippen LogP contribution < -0.4 is 5.32 Å². The van der Waals surface area contributed by atoms with E-state index >= 15 is 0 Å². The minimum atomic E-state index is -0.153. The third-order valence-electron chi connectivity index (χ3n) is 2.79. The minimum Gasteiger partial charge on any atom is -0.328 e. The fourth-order valence-electron chi connectivity index (χ4n) is 1.58. The first kappa shape index (κ1) is 15.0. The van der Waals surface area contributed by atoms with Gasteiger partial charge in [0.25, 0.3) is 0 Å². The third-order valence-corrected chi connectivity index (χ3v) is 2.79. The SMILES string of the molecule is C=CCCCN(C)C(=O)Nc1ccc(C(C)=O)cc1. The highest BCUT2D eigenvalue weighted by Crippen LogP contribution is 2.10. The Morgan fingerprint density at radius 2 is 1.95 bits per heavy atom. The number of allylic oxidation sites excluding steroid dienone is 1. The molecule has 0 fully saturated rings. The molecule has 0 unspecified atom stereocenters. The van der Waals surface area contributed by atoms with Crippen LogP contribution in [0.25, 0.3) is 0 Å². The molecule has 1 N–H and O–H groups in total. The van der Waals surface area contributed by atoms with Gasteiger partial charge in [0.05, 0.1) is 0 Å². The summed E-state index contributed by atoms with van der Waals surface area (Å²) in [5.41, 5.74) is 1.32. The average Bonchev–Trinajstić information content (AvgIpc) is 2.39. The van der Waals surface area contributed by atoms with Gasteiger partial charge in [-0.3, -0.25) is 4.79 Å². The van der Waals surface area contributed by atoms with Crippen LogP contribution >= 0.6 is 0 Å². The molecule has 0 saturated carbocycles. The lowest BCUT2D eigenvalue weighted by Crippen LogP contribution is -2.32. The number of anilines is 1. The summed E-state index contributed by atoms with van der Waals surface area (Å²) in [5, 5.41) is 2.78. The Morgan fingerprint density at radius 3 is 2.47 bits per heavy atom. The van der Waals surface area contributed by atoms with Gasteiger partial charge in [-0.2, -0.15) is 0 Å². The Bertz CT molecular complexity index is 452. The Hall–Kier alpha value is -2.10. The van der Waals surface area contributed by atoms with Crippen molar-refractivity contribution in [2.45, 2.75) is 19.8 Å². The van der Waals surface area contributed by atoms with Crippen LogP contribution in [0, 0.1) is 0 Å². The Labute approximate surface area is 114 Å². The molecule has 1 aromatic rings. The summed E-state index contributed by atoms with van der Waals surface area (Å²) in [6, 6.07) is 6.71.